The van der Waals surface area contributed by atoms with Crippen LogP contribution in [0.25, 0.3) is 110 Å². The van der Waals surface area contributed by atoms with Crippen LogP contribution in [0.5, 0.6) is 0 Å². The number of fused-ring (bicyclic) bond motifs is 12. The fourth-order valence-electron chi connectivity index (χ4n) is 8.87. The molecule has 3 heterocycles. The summed E-state index contributed by atoms with van der Waals surface area (Å²) in [6.07, 6.45) is 0. The van der Waals surface area contributed by atoms with Gasteiger partial charge in [0.15, 0.2) is 0 Å². The highest BCUT2D eigenvalue weighted by Crippen LogP contribution is 2.44. The molecule has 260 valence electrons. The van der Waals surface area contributed by atoms with E-state index in [0.29, 0.717) is 5.95 Å². The van der Waals surface area contributed by atoms with Crippen LogP contribution in [0.15, 0.2) is 188 Å². The number of para-hydroxylation sites is 3. The SMILES string of the molecule is c1ccc(-c2nc(-n3c4ccccc4c4ccc5c6cc7nc(-c8ccccc8)n(-c8ccccc8)c7cc6c6ccccc6c5c43)nc3ccccc23)cc1. The molecule has 5 heteroatoms. The van der Waals surface area contributed by atoms with Crippen LogP contribution < -0.4 is 0 Å². The molecular weight excluding hydrogens is 683 g/mol. The van der Waals surface area contributed by atoms with Gasteiger partial charge in [0, 0.05) is 38.4 Å². The highest BCUT2D eigenvalue weighted by Gasteiger charge is 2.23. The molecule has 3 aromatic heterocycles. The van der Waals surface area contributed by atoms with Gasteiger partial charge in [-0.15, -0.1) is 0 Å². The van der Waals surface area contributed by atoms with Gasteiger partial charge >= 0.3 is 0 Å². The average Bonchev–Trinajstić information content (AvgIpc) is 3.82. The zero-order valence-electron chi connectivity index (χ0n) is 30.1. The lowest BCUT2D eigenvalue weighted by Crippen LogP contribution is -2.04. The van der Waals surface area contributed by atoms with Crippen LogP contribution in [0.1, 0.15) is 0 Å². The average molecular weight is 714 g/mol. The topological polar surface area (TPSA) is 48.5 Å². The first kappa shape index (κ1) is 30.8. The predicted octanol–water partition coefficient (Wildman–Crippen LogP) is 12.9. The summed E-state index contributed by atoms with van der Waals surface area (Å²) in [5.74, 6) is 1.57. The zero-order valence-corrected chi connectivity index (χ0v) is 30.1. The van der Waals surface area contributed by atoms with E-state index in [-0.39, 0.29) is 0 Å². The second-order valence-electron chi connectivity index (χ2n) is 14.4. The monoisotopic (exact) mass is 713 g/mol. The molecule has 0 amide bonds. The Morgan fingerprint density at radius 1 is 0.339 bits per heavy atom. The quantitative estimate of drug-likeness (QED) is 0.171. The van der Waals surface area contributed by atoms with E-state index in [1.165, 1.54) is 21.5 Å². The smallest absolute Gasteiger partial charge is 0.235 e. The number of benzene rings is 9. The molecule has 12 aromatic rings. The van der Waals surface area contributed by atoms with Gasteiger partial charge in [-0.3, -0.25) is 9.13 Å². The molecule has 0 aliphatic rings. The van der Waals surface area contributed by atoms with E-state index in [1.807, 2.05) is 6.07 Å². The highest BCUT2D eigenvalue weighted by molar-refractivity contribution is 6.34. The summed E-state index contributed by atoms with van der Waals surface area (Å²) in [5.41, 5.74) is 9.21. The largest absolute Gasteiger partial charge is 0.292 e. The third-order valence-corrected chi connectivity index (χ3v) is 11.3. The van der Waals surface area contributed by atoms with E-state index >= 15 is 0 Å². The van der Waals surface area contributed by atoms with E-state index in [4.69, 9.17) is 15.0 Å². The van der Waals surface area contributed by atoms with E-state index < -0.39 is 0 Å². The summed E-state index contributed by atoms with van der Waals surface area (Å²) < 4.78 is 4.59. The molecule has 56 heavy (non-hydrogen) atoms. The molecule has 9 aromatic carbocycles. The molecule has 0 N–H and O–H groups in total. The Morgan fingerprint density at radius 3 is 1.71 bits per heavy atom. The minimum atomic E-state index is 0.648. The van der Waals surface area contributed by atoms with Gasteiger partial charge in [0.25, 0.3) is 0 Å². The molecule has 0 aliphatic heterocycles. The third-order valence-electron chi connectivity index (χ3n) is 11.3. The van der Waals surface area contributed by atoms with Gasteiger partial charge in [0.2, 0.25) is 5.95 Å². The van der Waals surface area contributed by atoms with Crippen LogP contribution in [0, 0.1) is 0 Å². The number of hydrogen-bond acceptors (Lipinski definition) is 3. The van der Waals surface area contributed by atoms with E-state index in [9.17, 15) is 0 Å². The second-order valence-corrected chi connectivity index (χ2v) is 14.4. The van der Waals surface area contributed by atoms with Crippen LogP contribution in [-0.2, 0) is 0 Å². The van der Waals surface area contributed by atoms with Crippen molar-refractivity contribution in [2.24, 2.45) is 0 Å². The Balaban J connectivity index is 1.24. The molecular formula is C51H31N5. The Hall–Kier alpha value is -7.63. The summed E-state index contributed by atoms with van der Waals surface area (Å²) in [4.78, 5) is 16.1. The number of hydrogen-bond donors (Lipinski definition) is 0. The summed E-state index contributed by atoms with van der Waals surface area (Å²) in [6.45, 7) is 0. The summed E-state index contributed by atoms with van der Waals surface area (Å²) in [6, 6.07) is 66.5. The van der Waals surface area contributed by atoms with Crippen molar-refractivity contribution in [2.45, 2.75) is 0 Å². The van der Waals surface area contributed by atoms with E-state index in [1.54, 1.807) is 0 Å². The van der Waals surface area contributed by atoms with Crippen molar-refractivity contribution < 1.29 is 0 Å². The van der Waals surface area contributed by atoms with E-state index in [0.717, 1.165) is 82.8 Å². The Kier molecular flexibility index (Phi) is 6.56. The lowest BCUT2D eigenvalue weighted by atomic mass is 9.92. The summed E-state index contributed by atoms with van der Waals surface area (Å²) >= 11 is 0. The molecule has 0 spiro atoms. The summed E-state index contributed by atoms with van der Waals surface area (Å²) in [5, 5.41) is 10.4. The minimum Gasteiger partial charge on any atom is -0.292 e. The normalized spacial score (nSPS) is 11.9. The maximum atomic E-state index is 5.41. The van der Waals surface area contributed by atoms with Crippen LogP contribution in [0.4, 0.5) is 0 Å². The number of imidazole rings is 1. The molecule has 0 unspecified atom stereocenters. The van der Waals surface area contributed by atoms with Gasteiger partial charge in [0.05, 0.1) is 33.3 Å². The molecule has 12 rings (SSSR count). The van der Waals surface area contributed by atoms with Crippen molar-refractivity contribution in [1.82, 2.24) is 24.1 Å². The molecule has 0 saturated heterocycles. The maximum Gasteiger partial charge on any atom is 0.235 e. The summed E-state index contributed by atoms with van der Waals surface area (Å²) in [7, 11) is 0. The molecule has 0 radical (unpaired) electrons. The van der Waals surface area contributed by atoms with Crippen molar-refractivity contribution in [3.63, 3.8) is 0 Å². The lowest BCUT2D eigenvalue weighted by Gasteiger charge is -2.15. The zero-order chi connectivity index (χ0) is 36.7. The van der Waals surface area contributed by atoms with Crippen LogP contribution in [0.3, 0.4) is 0 Å². The second kappa shape index (κ2) is 11.9. The maximum absolute atomic E-state index is 5.41. The Morgan fingerprint density at radius 2 is 0.929 bits per heavy atom. The van der Waals surface area contributed by atoms with Gasteiger partial charge < -0.3 is 0 Å². The van der Waals surface area contributed by atoms with Crippen LogP contribution in [-0.4, -0.2) is 24.1 Å². The van der Waals surface area contributed by atoms with Gasteiger partial charge in [-0.2, -0.15) is 0 Å². The fraction of sp³-hybridized carbons (Fsp3) is 0. The fourth-order valence-corrected chi connectivity index (χ4v) is 8.87. The first-order valence-electron chi connectivity index (χ1n) is 19.0. The minimum absolute atomic E-state index is 0.648. The predicted molar refractivity (Wildman–Crippen MR) is 232 cm³/mol. The van der Waals surface area contributed by atoms with Crippen LogP contribution >= 0.6 is 0 Å². The molecule has 0 saturated carbocycles. The first-order valence-corrected chi connectivity index (χ1v) is 19.0. The van der Waals surface area contributed by atoms with Gasteiger partial charge in [-0.05, 0) is 63.3 Å². The van der Waals surface area contributed by atoms with Crippen molar-refractivity contribution >= 4 is 76.1 Å². The van der Waals surface area contributed by atoms with Gasteiger partial charge in [0.1, 0.15) is 5.82 Å². The molecule has 0 bridgehead atoms. The number of rotatable bonds is 4. The van der Waals surface area contributed by atoms with E-state index in [2.05, 4.69) is 191 Å². The van der Waals surface area contributed by atoms with Crippen molar-refractivity contribution in [2.75, 3.05) is 0 Å². The molecule has 0 aliphatic carbocycles. The Labute approximate surface area is 321 Å². The lowest BCUT2D eigenvalue weighted by molar-refractivity contribution is 1.02. The standard InChI is InChI=1S/C51H31N5/c1-4-16-32(17-5-1)48-40-25-12-14-26-43(40)53-51(54-48)56-45-27-15-13-23-36(45)39-29-28-38-41-30-44-46(31-42(41)35-22-10-11-24-37(35)47(38)49(39)56)55(34-20-8-3-9-21-34)50(52-44)33-18-6-2-7-19-33/h1-31H. The van der Waals surface area contributed by atoms with Gasteiger partial charge in [-0.25, -0.2) is 15.0 Å². The number of nitrogens with zero attached hydrogens (tertiary/aromatic N) is 5. The highest BCUT2D eigenvalue weighted by atomic mass is 15.2. The van der Waals surface area contributed by atoms with Crippen molar-refractivity contribution in [3.8, 4) is 34.3 Å². The molecule has 5 nitrogen and oxygen atoms in total. The van der Waals surface area contributed by atoms with Crippen LogP contribution in [0.2, 0.25) is 0 Å². The van der Waals surface area contributed by atoms with Crippen molar-refractivity contribution in [1.29, 1.82) is 0 Å². The van der Waals surface area contributed by atoms with Crippen molar-refractivity contribution in [3.05, 3.63) is 188 Å². The Bertz CT molecular complexity index is 3510. The first-order chi connectivity index (χ1) is 27.8. The van der Waals surface area contributed by atoms with Gasteiger partial charge in [-0.1, -0.05) is 152 Å². The number of aromatic nitrogens is 5. The molecule has 0 fully saturated rings. The molecule has 0 atom stereocenters. The third kappa shape index (κ3) is 4.46.